The lowest BCUT2D eigenvalue weighted by molar-refractivity contribution is 0.565. The Morgan fingerprint density at radius 2 is 1.94 bits per heavy atom. The fraction of sp³-hybridized carbons (Fsp3) is 0.0714. The molecule has 2 aromatic carbocycles. The lowest BCUT2D eigenvalue weighted by Crippen LogP contribution is -1.86. The summed E-state index contributed by atoms with van der Waals surface area (Å²) in [5.41, 5.74) is 2.96. The molecule has 0 atom stereocenters. The number of aliphatic imine (C=N–C) groups is 1. The third-order valence-corrected chi connectivity index (χ3v) is 2.28. The highest BCUT2D eigenvalue weighted by Crippen LogP contribution is 2.14. The van der Waals surface area contributed by atoms with Crippen LogP contribution in [-0.4, -0.2) is 6.08 Å². The van der Waals surface area contributed by atoms with E-state index >= 15 is 0 Å². The van der Waals surface area contributed by atoms with Crippen molar-refractivity contribution >= 4 is 11.8 Å². The van der Waals surface area contributed by atoms with E-state index in [0.717, 1.165) is 12.0 Å². The summed E-state index contributed by atoms with van der Waals surface area (Å²) < 4.78 is 0. The monoisotopic (exact) mass is 208 g/mol. The maximum atomic E-state index is 10.1. The third kappa shape index (κ3) is 2.66. The van der Waals surface area contributed by atoms with Crippen LogP contribution in [0.3, 0.4) is 0 Å². The molecular formula is C14H10NO. The normalized spacial score (nSPS) is 9.50. The van der Waals surface area contributed by atoms with Crippen molar-refractivity contribution in [2.45, 2.75) is 6.42 Å². The maximum absolute atomic E-state index is 10.1. The summed E-state index contributed by atoms with van der Waals surface area (Å²) in [6.45, 7) is 0. The van der Waals surface area contributed by atoms with Crippen LogP contribution < -0.4 is 0 Å². The van der Waals surface area contributed by atoms with Gasteiger partial charge in [0.05, 0.1) is 5.69 Å². The Morgan fingerprint density at radius 1 is 1.12 bits per heavy atom. The Bertz CT molecular complexity index is 496. The van der Waals surface area contributed by atoms with Crippen LogP contribution in [0.4, 0.5) is 5.69 Å². The Hall–Kier alpha value is -2.18. The highest BCUT2D eigenvalue weighted by Gasteiger charge is 1.96. The minimum Gasteiger partial charge on any atom is -0.211 e. The molecule has 2 heteroatoms. The molecule has 0 aromatic heterocycles. The first kappa shape index (κ1) is 10.3. The van der Waals surface area contributed by atoms with Crippen molar-refractivity contribution in [2.75, 3.05) is 0 Å². The highest BCUT2D eigenvalue weighted by molar-refractivity contribution is 5.49. The van der Waals surface area contributed by atoms with E-state index in [2.05, 4.69) is 11.1 Å². The molecule has 0 saturated carbocycles. The van der Waals surface area contributed by atoms with Gasteiger partial charge in [-0.3, -0.25) is 0 Å². The molecule has 1 radical (unpaired) electrons. The van der Waals surface area contributed by atoms with Crippen molar-refractivity contribution in [2.24, 2.45) is 4.99 Å². The fourth-order valence-electron chi connectivity index (χ4n) is 1.50. The van der Waals surface area contributed by atoms with Gasteiger partial charge < -0.3 is 0 Å². The van der Waals surface area contributed by atoms with Crippen molar-refractivity contribution in [3.8, 4) is 0 Å². The molecule has 2 rings (SSSR count). The molecule has 0 aliphatic carbocycles. The smallest absolute Gasteiger partial charge is 0.211 e. The first-order chi connectivity index (χ1) is 7.88. The van der Waals surface area contributed by atoms with E-state index in [9.17, 15) is 4.79 Å². The van der Waals surface area contributed by atoms with Gasteiger partial charge in [-0.15, -0.1) is 0 Å². The molecule has 16 heavy (non-hydrogen) atoms. The fourth-order valence-corrected chi connectivity index (χ4v) is 1.50. The molecule has 0 N–H and O–H groups in total. The van der Waals surface area contributed by atoms with Crippen molar-refractivity contribution in [3.63, 3.8) is 0 Å². The van der Waals surface area contributed by atoms with E-state index in [1.54, 1.807) is 0 Å². The molecule has 2 aromatic rings. The van der Waals surface area contributed by atoms with Crippen LogP contribution >= 0.6 is 0 Å². The Labute approximate surface area is 94.3 Å². The minimum atomic E-state index is 0.635. The number of isocyanates is 1. The third-order valence-electron chi connectivity index (χ3n) is 2.28. The van der Waals surface area contributed by atoms with Crippen molar-refractivity contribution in [3.05, 3.63) is 65.7 Å². The first-order valence-electron chi connectivity index (χ1n) is 5.01. The average Bonchev–Trinajstić information content (AvgIpc) is 2.33. The number of hydrogen-bond acceptors (Lipinski definition) is 2. The second-order valence-corrected chi connectivity index (χ2v) is 3.43. The van der Waals surface area contributed by atoms with Gasteiger partial charge in [-0.2, -0.15) is 4.99 Å². The van der Waals surface area contributed by atoms with Crippen molar-refractivity contribution in [1.29, 1.82) is 0 Å². The molecule has 0 saturated heterocycles. The number of benzene rings is 2. The SMILES string of the molecule is O=C=Nc1ccc(Cc2[c]cccc2)cc1. The van der Waals surface area contributed by atoms with Crippen LogP contribution in [-0.2, 0) is 11.2 Å². The predicted octanol–water partition coefficient (Wildman–Crippen LogP) is 3.04. The van der Waals surface area contributed by atoms with Gasteiger partial charge in [0.15, 0.2) is 0 Å². The molecule has 0 aliphatic heterocycles. The summed E-state index contributed by atoms with van der Waals surface area (Å²) in [5.74, 6) is 0. The Kier molecular flexibility index (Phi) is 3.27. The Morgan fingerprint density at radius 3 is 2.56 bits per heavy atom. The van der Waals surface area contributed by atoms with Crippen LogP contribution in [0, 0.1) is 6.07 Å². The van der Waals surface area contributed by atoms with E-state index in [0.29, 0.717) is 5.69 Å². The van der Waals surface area contributed by atoms with Crippen LogP contribution in [0.1, 0.15) is 11.1 Å². The van der Waals surface area contributed by atoms with Gasteiger partial charge in [-0.25, -0.2) is 4.79 Å². The van der Waals surface area contributed by atoms with Gasteiger partial charge in [0.1, 0.15) is 0 Å². The summed E-state index contributed by atoms with van der Waals surface area (Å²) in [6.07, 6.45) is 2.36. The largest absolute Gasteiger partial charge is 0.240 e. The zero-order valence-corrected chi connectivity index (χ0v) is 8.68. The number of hydrogen-bond donors (Lipinski definition) is 0. The van der Waals surface area contributed by atoms with E-state index in [-0.39, 0.29) is 0 Å². The molecule has 0 spiro atoms. The van der Waals surface area contributed by atoms with Gasteiger partial charge in [-0.1, -0.05) is 36.4 Å². The van der Waals surface area contributed by atoms with Crippen molar-refractivity contribution in [1.82, 2.24) is 0 Å². The van der Waals surface area contributed by atoms with E-state index in [4.69, 9.17) is 0 Å². The molecule has 0 amide bonds. The van der Waals surface area contributed by atoms with Crippen LogP contribution in [0.2, 0.25) is 0 Å². The van der Waals surface area contributed by atoms with Gasteiger partial charge in [0.2, 0.25) is 6.08 Å². The first-order valence-corrected chi connectivity index (χ1v) is 5.01. The molecule has 2 nitrogen and oxygen atoms in total. The summed E-state index contributed by atoms with van der Waals surface area (Å²) in [6, 6.07) is 18.6. The van der Waals surface area contributed by atoms with Crippen molar-refractivity contribution < 1.29 is 4.79 Å². The molecule has 0 aliphatic rings. The number of nitrogens with zero attached hydrogens (tertiary/aromatic N) is 1. The van der Waals surface area contributed by atoms with E-state index in [1.165, 1.54) is 11.6 Å². The van der Waals surface area contributed by atoms with Gasteiger partial charge in [-0.05, 0) is 35.7 Å². The quantitative estimate of drug-likeness (QED) is 0.563. The summed E-state index contributed by atoms with van der Waals surface area (Å²) in [4.78, 5) is 13.6. The molecular weight excluding hydrogens is 198 g/mol. The molecule has 0 unspecified atom stereocenters. The average molecular weight is 208 g/mol. The minimum absolute atomic E-state index is 0.635. The maximum Gasteiger partial charge on any atom is 0.240 e. The molecule has 0 bridgehead atoms. The lowest BCUT2D eigenvalue weighted by Gasteiger charge is -2.01. The topological polar surface area (TPSA) is 29.4 Å². The second kappa shape index (κ2) is 5.06. The predicted molar refractivity (Wildman–Crippen MR) is 62.3 cm³/mol. The van der Waals surface area contributed by atoms with Crippen LogP contribution in [0.15, 0.2) is 53.5 Å². The van der Waals surface area contributed by atoms with E-state index < -0.39 is 0 Å². The number of rotatable bonds is 3. The van der Waals surface area contributed by atoms with Gasteiger partial charge >= 0.3 is 0 Å². The molecule has 0 heterocycles. The van der Waals surface area contributed by atoms with Gasteiger partial charge in [0, 0.05) is 0 Å². The van der Waals surface area contributed by atoms with Gasteiger partial charge in [0.25, 0.3) is 0 Å². The second-order valence-electron chi connectivity index (χ2n) is 3.43. The number of carbonyl (C=O) groups excluding carboxylic acids is 1. The summed E-state index contributed by atoms with van der Waals surface area (Å²) in [5, 5.41) is 0. The zero-order chi connectivity index (χ0) is 11.2. The molecule has 77 valence electrons. The van der Waals surface area contributed by atoms with Crippen LogP contribution in [0.5, 0.6) is 0 Å². The highest BCUT2D eigenvalue weighted by atomic mass is 16.1. The lowest BCUT2D eigenvalue weighted by atomic mass is 10.1. The zero-order valence-electron chi connectivity index (χ0n) is 8.68. The van der Waals surface area contributed by atoms with E-state index in [1.807, 2.05) is 48.5 Å². The summed E-state index contributed by atoms with van der Waals surface area (Å²) in [7, 11) is 0. The van der Waals surface area contributed by atoms with Crippen LogP contribution in [0.25, 0.3) is 0 Å². The Balaban J connectivity index is 2.14. The molecule has 0 fully saturated rings. The standard InChI is InChI=1S/C14H10NO/c16-11-15-14-8-6-13(7-9-14)10-12-4-2-1-3-5-12/h1-4,6-9H,10H2. The summed E-state index contributed by atoms with van der Waals surface area (Å²) >= 11 is 0.